The molecule has 46 heavy (non-hydrogen) atoms. The van der Waals surface area contributed by atoms with Crippen LogP contribution in [-0.2, 0) is 17.4 Å². The topological polar surface area (TPSA) is 7.76 Å². The second-order valence-electron chi connectivity index (χ2n) is 14.2. The van der Waals surface area contributed by atoms with Crippen LogP contribution < -0.4 is 9.13 Å². The lowest BCUT2D eigenvalue weighted by atomic mass is 9.57. The highest BCUT2D eigenvalue weighted by Gasteiger charge is 2.59. The third-order valence-electron chi connectivity index (χ3n) is 11.8. The zero-order valence-electron chi connectivity index (χ0n) is 28.7. The first kappa shape index (κ1) is 30.6. The molecule has 0 spiro atoms. The molecule has 0 amide bonds. The van der Waals surface area contributed by atoms with Crippen LogP contribution in [0.15, 0.2) is 103 Å². The Hall–Kier alpha value is -4.04. The lowest BCUT2D eigenvalue weighted by molar-refractivity contribution is -0.771. The zero-order valence-corrected chi connectivity index (χ0v) is 28.7. The summed E-state index contributed by atoms with van der Waals surface area (Å²) in [4.78, 5) is 0. The summed E-state index contributed by atoms with van der Waals surface area (Å²) in [7, 11) is 0. The Kier molecular flexibility index (Phi) is 7.96. The number of benzene rings is 3. The van der Waals surface area contributed by atoms with Crippen molar-refractivity contribution in [2.24, 2.45) is 0 Å². The van der Waals surface area contributed by atoms with Gasteiger partial charge in [-0.2, -0.15) is 9.13 Å². The van der Waals surface area contributed by atoms with Crippen LogP contribution in [0.2, 0.25) is 0 Å². The monoisotopic (exact) mass is 606 g/mol. The van der Waals surface area contributed by atoms with Crippen LogP contribution in [0, 0.1) is 13.8 Å². The van der Waals surface area contributed by atoms with Crippen LogP contribution in [0.25, 0.3) is 33.6 Å². The van der Waals surface area contributed by atoms with Gasteiger partial charge in [-0.05, 0) is 84.7 Å². The molecule has 0 saturated heterocycles. The van der Waals surface area contributed by atoms with E-state index in [-0.39, 0.29) is 11.0 Å². The second-order valence-corrected chi connectivity index (χ2v) is 14.2. The molecule has 0 N–H and O–H groups in total. The SMILES string of the molecule is CCCCc1ccc2c(c1)-c1cccc(C)[n+]1C(C)(CC)C2(CC)CCC1c2cc(-c3ccccc3)ccc2-c2cc(C)cc[n+]21. The maximum atomic E-state index is 2.73. The van der Waals surface area contributed by atoms with Gasteiger partial charge >= 0.3 is 0 Å². The Morgan fingerprint density at radius 1 is 0.717 bits per heavy atom. The molecule has 2 aromatic heterocycles. The number of hydrogen-bond donors (Lipinski definition) is 0. The Morgan fingerprint density at radius 3 is 2.30 bits per heavy atom. The minimum atomic E-state index is -0.0472. The van der Waals surface area contributed by atoms with E-state index >= 15 is 0 Å². The van der Waals surface area contributed by atoms with Gasteiger partial charge in [-0.15, -0.1) is 0 Å². The summed E-state index contributed by atoms with van der Waals surface area (Å²) < 4.78 is 5.30. The molecule has 2 aliphatic rings. The number of hydrogen-bond acceptors (Lipinski definition) is 0. The van der Waals surface area contributed by atoms with Crippen molar-refractivity contribution in [3.63, 3.8) is 0 Å². The summed E-state index contributed by atoms with van der Waals surface area (Å²) in [6.45, 7) is 14.3. The molecule has 3 aromatic carbocycles. The zero-order chi connectivity index (χ0) is 32.1. The van der Waals surface area contributed by atoms with Crippen LogP contribution in [0.3, 0.4) is 0 Å². The van der Waals surface area contributed by atoms with Crippen LogP contribution in [0.1, 0.15) is 100 Å². The number of nitrogens with zero attached hydrogens (tertiary/aromatic N) is 2. The second kappa shape index (κ2) is 12.0. The third-order valence-corrected chi connectivity index (χ3v) is 11.8. The highest BCUT2D eigenvalue weighted by atomic mass is 15.1. The van der Waals surface area contributed by atoms with Crippen molar-refractivity contribution in [1.82, 2.24) is 0 Å². The van der Waals surface area contributed by atoms with Crippen molar-refractivity contribution in [1.29, 1.82) is 0 Å². The molecular formula is C44H50N2+2. The van der Waals surface area contributed by atoms with Crippen molar-refractivity contribution in [2.75, 3.05) is 0 Å². The molecule has 5 aromatic rings. The predicted octanol–water partition coefficient (Wildman–Crippen LogP) is 10.4. The summed E-state index contributed by atoms with van der Waals surface area (Å²) >= 11 is 0. The first-order valence-electron chi connectivity index (χ1n) is 17.7. The fourth-order valence-electron chi connectivity index (χ4n) is 9.21. The molecule has 3 unspecified atom stereocenters. The summed E-state index contributed by atoms with van der Waals surface area (Å²) in [5, 5.41) is 0. The van der Waals surface area contributed by atoms with E-state index < -0.39 is 0 Å². The number of unbranched alkanes of at least 4 members (excludes halogenated alkanes) is 1. The Bertz CT molecular complexity index is 1900. The van der Waals surface area contributed by atoms with Gasteiger partial charge in [0.2, 0.25) is 11.4 Å². The largest absolute Gasteiger partial charge is 0.213 e. The van der Waals surface area contributed by atoms with Gasteiger partial charge in [-0.25, -0.2) is 0 Å². The molecule has 0 bridgehead atoms. The van der Waals surface area contributed by atoms with E-state index in [1.54, 1.807) is 5.56 Å². The maximum Gasteiger partial charge on any atom is 0.213 e. The third kappa shape index (κ3) is 4.67. The average Bonchev–Trinajstić information content (AvgIpc) is 3.39. The van der Waals surface area contributed by atoms with Gasteiger partial charge in [0.05, 0.1) is 16.5 Å². The lowest BCUT2D eigenvalue weighted by Gasteiger charge is -2.49. The highest BCUT2D eigenvalue weighted by Crippen LogP contribution is 2.54. The van der Waals surface area contributed by atoms with Crippen molar-refractivity contribution in [2.45, 2.75) is 103 Å². The average molecular weight is 607 g/mol. The van der Waals surface area contributed by atoms with Crippen molar-refractivity contribution < 1.29 is 9.13 Å². The number of fused-ring (bicyclic) bond motifs is 6. The van der Waals surface area contributed by atoms with Crippen LogP contribution >= 0.6 is 0 Å². The van der Waals surface area contributed by atoms with Crippen molar-refractivity contribution in [3.8, 4) is 33.6 Å². The van der Waals surface area contributed by atoms with E-state index in [0.717, 1.165) is 32.1 Å². The van der Waals surface area contributed by atoms with E-state index in [9.17, 15) is 0 Å². The molecule has 0 aliphatic carbocycles. The summed E-state index contributed by atoms with van der Waals surface area (Å²) in [6, 6.07) is 37.5. The molecule has 2 nitrogen and oxygen atoms in total. The molecule has 2 heteroatoms. The summed E-state index contributed by atoms with van der Waals surface area (Å²) in [5.41, 5.74) is 15.3. The number of aryl methyl sites for hydroxylation is 3. The first-order valence-corrected chi connectivity index (χ1v) is 17.7. The molecule has 7 rings (SSSR count). The van der Waals surface area contributed by atoms with Gasteiger partial charge in [-0.3, -0.25) is 0 Å². The van der Waals surface area contributed by atoms with E-state index in [1.165, 1.54) is 68.9 Å². The van der Waals surface area contributed by atoms with Crippen LogP contribution in [-0.4, -0.2) is 0 Å². The molecule has 4 heterocycles. The smallest absolute Gasteiger partial charge is 0.191 e. The summed E-state index contributed by atoms with van der Waals surface area (Å²) in [6.07, 6.45) is 10.4. The van der Waals surface area contributed by atoms with E-state index in [0.29, 0.717) is 6.04 Å². The minimum Gasteiger partial charge on any atom is -0.191 e. The Balaban J connectivity index is 1.37. The van der Waals surface area contributed by atoms with Gasteiger partial charge in [0.15, 0.2) is 23.5 Å². The van der Waals surface area contributed by atoms with Gasteiger partial charge in [-0.1, -0.05) is 75.7 Å². The fraction of sp³-hybridized carbons (Fsp3) is 0.364. The predicted molar refractivity (Wildman–Crippen MR) is 191 cm³/mol. The lowest BCUT2D eigenvalue weighted by Crippen LogP contribution is -2.69. The van der Waals surface area contributed by atoms with Crippen LogP contribution in [0.5, 0.6) is 0 Å². The molecule has 3 atom stereocenters. The molecule has 234 valence electrons. The molecule has 0 fully saturated rings. The van der Waals surface area contributed by atoms with Gasteiger partial charge in [0.25, 0.3) is 0 Å². The minimum absolute atomic E-state index is 0.00460. The van der Waals surface area contributed by atoms with E-state index in [4.69, 9.17) is 0 Å². The number of aromatic nitrogens is 2. The van der Waals surface area contributed by atoms with Crippen molar-refractivity contribution in [3.05, 3.63) is 131 Å². The number of pyridine rings is 2. The number of rotatable bonds is 9. The van der Waals surface area contributed by atoms with Gasteiger partial charge < -0.3 is 0 Å². The maximum absolute atomic E-state index is 2.73. The molecule has 2 aliphatic heterocycles. The van der Waals surface area contributed by atoms with Crippen molar-refractivity contribution >= 4 is 0 Å². The molecule has 0 radical (unpaired) electrons. The molecular weight excluding hydrogens is 556 g/mol. The van der Waals surface area contributed by atoms with E-state index in [2.05, 4.69) is 154 Å². The standard InChI is InChI=1S/C44H50N2/c1-7-10-16-33-20-23-39-38(29-33)41-19-14-15-32(5)46(41)43(6,8-2)44(39,9-3)26-24-40-37-30-35(34-17-12-11-13-18-34)21-22-36(37)42-28-31(4)25-27-45(40)42/h11-15,17-23,25,27-30,40H,7-10,16,24,26H2,1-6H3/q+2. The Morgan fingerprint density at radius 2 is 1.54 bits per heavy atom. The fourth-order valence-corrected chi connectivity index (χ4v) is 9.21. The van der Waals surface area contributed by atoms with Gasteiger partial charge in [0.1, 0.15) is 0 Å². The summed E-state index contributed by atoms with van der Waals surface area (Å²) in [5.74, 6) is 0. The van der Waals surface area contributed by atoms with Gasteiger partial charge in [0, 0.05) is 56.5 Å². The quantitative estimate of drug-likeness (QED) is 0.148. The molecule has 0 saturated carbocycles. The highest BCUT2D eigenvalue weighted by molar-refractivity contribution is 5.73. The first-order chi connectivity index (χ1) is 22.3. The van der Waals surface area contributed by atoms with Crippen LogP contribution in [0.4, 0.5) is 0 Å². The normalized spacial score (nSPS) is 21.0. The van der Waals surface area contributed by atoms with E-state index in [1.807, 2.05) is 0 Å². The Labute approximate surface area is 276 Å².